The molecular formula is C5H7NO7. The highest BCUT2D eigenvalue weighted by Gasteiger charge is 2.43. The van der Waals surface area contributed by atoms with E-state index in [1.165, 1.54) is 0 Å². The summed E-state index contributed by atoms with van der Waals surface area (Å²) in [4.78, 5) is 29.0. The van der Waals surface area contributed by atoms with Crippen molar-refractivity contribution in [1.29, 1.82) is 0 Å². The van der Waals surface area contributed by atoms with E-state index in [1.807, 2.05) is 0 Å². The van der Waals surface area contributed by atoms with Crippen LogP contribution in [-0.4, -0.2) is 44.2 Å². The van der Waals surface area contributed by atoms with Crippen LogP contribution in [0.3, 0.4) is 0 Å². The van der Waals surface area contributed by atoms with E-state index in [1.54, 1.807) is 5.32 Å². The molecule has 0 bridgehead atoms. The minimum atomic E-state index is -2.48. The SMILES string of the molecule is O=C(O)O.O=C1CC(O)(O)C(=O)N1. The molecule has 74 valence electrons. The van der Waals surface area contributed by atoms with Crippen LogP contribution >= 0.6 is 0 Å². The van der Waals surface area contributed by atoms with Crippen LogP contribution in [0.4, 0.5) is 4.79 Å². The van der Waals surface area contributed by atoms with Gasteiger partial charge >= 0.3 is 6.16 Å². The van der Waals surface area contributed by atoms with Crippen LogP contribution in [0.5, 0.6) is 0 Å². The van der Waals surface area contributed by atoms with Crippen molar-refractivity contribution in [2.45, 2.75) is 12.2 Å². The predicted octanol–water partition coefficient (Wildman–Crippen LogP) is -2.06. The van der Waals surface area contributed by atoms with E-state index in [2.05, 4.69) is 0 Å². The molecule has 2 amide bonds. The molecule has 0 atom stereocenters. The summed E-state index contributed by atoms with van der Waals surface area (Å²) in [5.41, 5.74) is 0. The average molecular weight is 193 g/mol. The third kappa shape index (κ3) is 4.03. The fraction of sp³-hybridized carbons (Fsp3) is 0.400. The van der Waals surface area contributed by atoms with E-state index in [9.17, 15) is 9.59 Å². The maximum atomic E-state index is 10.3. The molecule has 1 heterocycles. The van der Waals surface area contributed by atoms with Gasteiger partial charge in [0.15, 0.2) is 0 Å². The molecule has 0 aliphatic carbocycles. The minimum Gasteiger partial charge on any atom is -0.450 e. The van der Waals surface area contributed by atoms with Gasteiger partial charge in [0.25, 0.3) is 11.7 Å². The summed E-state index contributed by atoms with van der Waals surface area (Å²) < 4.78 is 0. The second kappa shape index (κ2) is 3.83. The number of amides is 2. The molecule has 8 nitrogen and oxygen atoms in total. The Morgan fingerprint density at radius 3 is 1.77 bits per heavy atom. The average Bonchev–Trinajstić information content (AvgIpc) is 2.02. The highest BCUT2D eigenvalue weighted by molar-refractivity contribution is 6.06. The molecule has 0 aromatic rings. The quantitative estimate of drug-likeness (QED) is 0.219. The van der Waals surface area contributed by atoms with Gasteiger partial charge in [-0.2, -0.15) is 0 Å². The largest absolute Gasteiger partial charge is 0.503 e. The summed E-state index contributed by atoms with van der Waals surface area (Å²) in [6.07, 6.45) is -2.40. The van der Waals surface area contributed by atoms with Crippen molar-refractivity contribution in [3.05, 3.63) is 0 Å². The van der Waals surface area contributed by atoms with Gasteiger partial charge in [0.2, 0.25) is 5.91 Å². The Morgan fingerprint density at radius 2 is 1.69 bits per heavy atom. The molecule has 13 heavy (non-hydrogen) atoms. The third-order valence-corrected chi connectivity index (χ3v) is 1.02. The normalized spacial score (nSPS) is 18.6. The number of imide groups is 1. The van der Waals surface area contributed by atoms with Gasteiger partial charge in [0, 0.05) is 0 Å². The first-order chi connectivity index (χ1) is 5.75. The lowest BCUT2D eigenvalue weighted by molar-refractivity contribution is -0.176. The summed E-state index contributed by atoms with van der Waals surface area (Å²) in [7, 11) is 0. The zero-order valence-electron chi connectivity index (χ0n) is 6.22. The maximum absolute atomic E-state index is 10.3. The van der Waals surface area contributed by atoms with Gasteiger partial charge in [-0.3, -0.25) is 14.9 Å². The molecule has 0 aromatic carbocycles. The summed E-state index contributed by atoms with van der Waals surface area (Å²) >= 11 is 0. The lowest BCUT2D eigenvalue weighted by Crippen LogP contribution is -2.37. The fourth-order valence-corrected chi connectivity index (χ4v) is 0.575. The second-order valence-electron chi connectivity index (χ2n) is 2.15. The first-order valence-electron chi connectivity index (χ1n) is 2.96. The van der Waals surface area contributed by atoms with E-state index in [0.29, 0.717) is 0 Å². The summed E-state index contributed by atoms with van der Waals surface area (Å²) in [5.74, 6) is -4.19. The first kappa shape index (κ1) is 11.3. The molecule has 5 N–H and O–H groups in total. The molecular weight excluding hydrogens is 186 g/mol. The van der Waals surface area contributed by atoms with Crippen molar-refractivity contribution in [2.24, 2.45) is 0 Å². The number of rotatable bonds is 0. The molecule has 1 fully saturated rings. The molecule has 0 radical (unpaired) electrons. The van der Waals surface area contributed by atoms with Crippen molar-refractivity contribution in [3.63, 3.8) is 0 Å². The zero-order valence-corrected chi connectivity index (χ0v) is 6.22. The van der Waals surface area contributed by atoms with E-state index < -0.39 is 30.2 Å². The standard InChI is InChI=1S/C4H5NO4.CH2O3/c6-2-1-4(8,9)3(7)5-2;2-1(3)4/h8-9H,1H2,(H,5,6,7);(H2,2,3,4). The van der Waals surface area contributed by atoms with Crippen molar-refractivity contribution in [2.75, 3.05) is 0 Å². The van der Waals surface area contributed by atoms with Crippen LogP contribution in [-0.2, 0) is 9.59 Å². The smallest absolute Gasteiger partial charge is 0.450 e. The number of carbonyl (C=O) groups excluding carboxylic acids is 2. The molecule has 8 heteroatoms. The van der Waals surface area contributed by atoms with Crippen LogP contribution in [0.1, 0.15) is 6.42 Å². The van der Waals surface area contributed by atoms with Gasteiger partial charge in [-0.15, -0.1) is 0 Å². The van der Waals surface area contributed by atoms with Crippen LogP contribution in [0.2, 0.25) is 0 Å². The van der Waals surface area contributed by atoms with Crippen molar-refractivity contribution in [1.82, 2.24) is 5.32 Å². The zero-order chi connectivity index (χ0) is 10.6. The third-order valence-electron chi connectivity index (χ3n) is 1.02. The lowest BCUT2D eigenvalue weighted by atomic mass is 10.2. The van der Waals surface area contributed by atoms with Crippen LogP contribution in [0.15, 0.2) is 0 Å². The van der Waals surface area contributed by atoms with Crippen molar-refractivity contribution in [3.8, 4) is 0 Å². The molecule has 0 spiro atoms. The summed E-state index contributed by atoms with van der Waals surface area (Å²) in [6.45, 7) is 0. The Balaban J connectivity index is 0.000000310. The number of hydrogen-bond acceptors (Lipinski definition) is 5. The maximum Gasteiger partial charge on any atom is 0.503 e. The van der Waals surface area contributed by atoms with Crippen molar-refractivity contribution < 1.29 is 34.8 Å². The second-order valence-corrected chi connectivity index (χ2v) is 2.15. The number of carboxylic acid groups (broad SMARTS) is 2. The van der Waals surface area contributed by atoms with E-state index in [4.69, 9.17) is 25.2 Å². The number of hydrogen-bond donors (Lipinski definition) is 5. The van der Waals surface area contributed by atoms with Gasteiger partial charge in [-0.05, 0) is 0 Å². The molecule has 0 aromatic heterocycles. The Labute approximate surface area is 71.4 Å². The van der Waals surface area contributed by atoms with Gasteiger partial charge in [-0.25, -0.2) is 4.79 Å². The number of nitrogens with one attached hydrogen (secondary N) is 1. The minimum absolute atomic E-state index is 0.564. The van der Waals surface area contributed by atoms with Crippen molar-refractivity contribution >= 4 is 18.0 Å². The van der Waals surface area contributed by atoms with E-state index in [0.717, 1.165) is 0 Å². The summed E-state index contributed by atoms with van der Waals surface area (Å²) in [6, 6.07) is 0. The lowest BCUT2D eigenvalue weighted by Gasteiger charge is -2.06. The molecule has 0 saturated carbocycles. The first-order valence-corrected chi connectivity index (χ1v) is 2.96. The fourth-order valence-electron chi connectivity index (χ4n) is 0.575. The van der Waals surface area contributed by atoms with Gasteiger partial charge in [0.1, 0.15) is 0 Å². The molecule has 1 rings (SSSR count). The van der Waals surface area contributed by atoms with E-state index in [-0.39, 0.29) is 0 Å². The highest BCUT2D eigenvalue weighted by Crippen LogP contribution is 2.11. The Kier molecular flexibility index (Phi) is 3.33. The Morgan fingerprint density at radius 1 is 1.31 bits per heavy atom. The monoisotopic (exact) mass is 193 g/mol. The molecule has 1 aliphatic rings. The number of carbonyl (C=O) groups is 3. The van der Waals surface area contributed by atoms with E-state index >= 15 is 0 Å². The number of aliphatic hydroxyl groups is 2. The van der Waals surface area contributed by atoms with Crippen LogP contribution < -0.4 is 5.32 Å². The highest BCUT2D eigenvalue weighted by atomic mass is 16.6. The van der Waals surface area contributed by atoms with Crippen LogP contribution in [0.25, 0.3) is 0 Å². The molecule has 0 unspecified atom stereocenters. The summed E-state index contributed by atoms with van der Waals surface area (Å²) in [5, 5.41) is 32.8. The topological polar surface area (TPSA) is 144 Å². The van der Waals surface area contributed by atoms with Crippen LogP contribution in [0, 0.1) is 0 Å². The molecule has 1 saturated heterocycles. The predicted molar refractivity (Wildman–Crippen MR) is 35.6 cm³/mol. The van der Waals surface area contributed by atoms with Gasteiger partial charge in [0.05, 0.1) is 6.42 Å². The Bertz CT molecular complexity index is 241. The Hall–Kier alpha value is -1.67. The van der Waals surface area contributed by atoms with Gasteiger partial charge in [-0.1, -0.05) is 0 Å². The van der Waals surface area contributed by atoms with Gasteiger partial charge < -0.3 is 20.4 Å². The molecule has 1 aliphatic heterocycles.